The van der Waals surface area contributed by atoms with E-state index in [0.717, 1.165) is 0 Å². The highest BCUT2D eigenvalue weighted by Crippen LogP contribution is 2.14. The van der Waals surface area contributed by atoms with Crippen molar-refractivity contribution in [1.29, 1.82) is 0 Å². The molecule has 0 aliphatic heterocycles. The molecule has 18 nitrogen and oxygen atoms in total. The van der Waals surface area contributed by atoms with Gasteiger partial charge in [0.2, 0.25) is 29.5 Å². The minimum absolute atomic E-state index is 0.0155. The highest BCUT2D eigenvalue weighted by molar-refractivity contribution is 5.95. The van der Waals surface area contributed by atoms with Crippen molar-refractivity contribution in [3.8, 4) is 11.5 Å². The Bertz CT molecular complexity index is 1510. The fourth-order valence-corrected chi connectivity index (χ4v) is 4.78. The normalized spacial score (nSPS) is 13.0. The Morgan fingerprint density at radius 1 is 0.580 bits per heavy atom. The first-order valence-corrected chi connectivity index (χ1v) is 15.8. The minimum atomic E-state index is -1.28. The Kier molecular flexibility index (Phi) is 16.3. The second-order valence-electron chi connectivity index (χ2n) is 11.5. The van der Waals surface area contributed by atoms with Crippen molar-refractivity contribution >= 4 is 41.5 Å². The van der Waals surface area contributed by atoms with Crippen LogP contribution in [0.5, 0.6) is 11.5 Å². The smallest absolute Gasteiger partial charge is 0.243 e. The van der Waals surface area contributed by atoms with E-state index in [4.69, 9.17) is 28.7 Å². The Labute approximate surface area is 289 Å². The number of nitrogens with zero attached hydrogens (tertiary/aromatic N) is 2. The fraction of sp³-hybridized carbons (Fsp3) is 0.406. The number of phenolic OH excluding ortho intramolecular Hbond substituents is 2. The summed E-state index contributed by atoms with van der Waals surface area (Å²) in [5, 5.41) is 30.0. The highest BCUT2D eigenvalue weighted by Gasteiger charge is 2.31. The molecule has 2 aromatic carbocycles. The summed E-state index contributed by atoms with van der Waals surface area (Å²) in [6, 6.07) is 7.13. The lowest BCUT2D eigenvalue weighted by molar-refractivity contribution is -0.134. The lowest BCUT2D eigenvalue weighted by Gasteiger charge is -2.26. The molecule has 0 bridgehead atoms. The molecule has 0 heterocycles. The maximum absolute atomic E-state index is 13.9. The standard InChI is InChI=1S/C32H47N11O7/c1-18(44)40-24(5-3-15-39-32(36)37)28(48)42-26(17-20-8-12-22(46)13-9-20)30(50)43-25(16-19-6-10-21(45)11-7-19)29(49)41-23(27(33)47)4-2-14-38-31(34)35/h6-13,23-26,45-46H,2-5,14-17H2,1H3,(H2,33,47)(H,40,44)(H,41,49)(H,42,48)(H,43,50)(H4,34,35,38)(H4,36,37,39)/t23-,24-,25-,26-/m0/s1. The predicted molar refractivity (Wildman–Crippen MR) is 186 cm³/mol. The molecule has 0 aliphatic carbocycles. The number of hydrogen-bond acceptors (Lipinski definition) is 9. The number of benzene rings is 2. The molecule has 0 saturated carbocycles. The maximum Gasteiger partial charge on any atom is 0.243 e. The van der Waals surface area contributed by atoms with Crippen LogP contribution in [0.4, 0.5) is 0 Å². The maximum atomic E-state index is 13.9. The number of aliphatic imine (C=N–C) groups is 2. The van der Waals surface area contributed by atoms with E-state index >= 15 is 0 Å². The van der Waals surface area contributed by atoms with Gasteiger partial charge >= 0.3 is 0 Å². The monoisotopic (exact) mass is 697 g/mol. The molecule has 2 rings (SSSR count). The summed E-state index contributed by atoms with van der Waals surface area (Å²) < 4.78 is 0. The summed E-state index contributed by atoms with van der Waals surface area (Å²) in [6.45, 7) is 1.61. The lowest BCUT2D eigenvalue weighted by Crippen LogP contribution is -2.59. The molecule has 2 aromatic rings. The van der Waals surface area contributed by atoms with E-state index < -0.39 is 53.7 Å². The van der Waals surface area contributed by atoms with Gasteiger partial charge in [0.05, 0.1) is 0 Å². The van der Waals surface area contributed by atoms with Crippen LogP contribution in [0.1, 0.15) is 43.7 Å². The number of guanidine groups is 2. The van der Waals surface area contributed by atoms with Gasteiger partial charge in [-0.3, -0.25) is 34.0 Å². The molecule has 0 radical (unpaired) electrons. The van der Waals surface area contributed by atoms with Crippen molar-refractivity contribution in [3.63, 3.8) is 0 Å². The number of carbonyl (C=O) groups excluding carboxylic acids is 5. The van der Waals surface area contributed by atoms with Crippen molar-refractivity contribution in [1.82, 2.24) is 21.3 Å². The van der Waals surface area contributed by atoms with Gasteiger partial charge in [-0.1, -0.05) is 24.3 Å². The quantitative estimate of drug-likeness (QED) is 0.0388. The molecule has 0 spiro atoms. The summed E-state index contributed by atoms with van der Waals surface area (Å²) in [4.78, 5) is 72.9. The van der Waals surface area contributed by atoms with Crippen LogP contribution >= 0.6 is 0 Å². The van der Waals surface area contributed by atoms with Crippen LogP contribution in [0.2, 0.25) is 0 Å². The molecule has 0 aliphatic rings. The van der Waals surface area contributed by atoms with Gasteiger partial charge in [-0.05, 0) is 61.1 Å². The van der Waals surface area contributed by atoms with Crippen LogP contribution in [-0.2, 0) is 36.8 Å². The molecule has 0 aromatic heterocycles. The molecule has 18 heteroatoms. The molecule has 16 N–H and O–H groups in total. The number of rotatable bonds is 20. The third-order valence-corrected chi connectivity index (χ3v) is 7.26. The minimum Gasteiger partial charge on any atom is -0.508 e. The average molecular weight is 698 g/mol. The van der Waals surface area contributed by atoms with Crippen LogP contribution in [-0.4, -0.2) is 88.9 Å². The molecular weight excluding hydrogens is 650 g/mol. The fourth-order valence-electron chi connectivity index (χ4n) is 4.78. The van der Waals surface area contributed by atoms with Gasteiger partial charge in [0.25, 0.3) is 0 Å². The van der Waals surface area contributed by atoms with Crippen LogP contribution in [0, 0.1) is 0 Å². The van der Waals surface area contributed by atoms with Crippen molar-refractivity contribution in [3.05, 3.63) is 59.7 Å². The molecule has 4 atom stereocenters. The Morgan fingerprint density at radius 2 is 0.940 bits per heavy atom. The van der Waals surface area contributed by atoms with Crippen LogP contribution in [0.25, 0.3) is 0 Å². The van der Waals surface area contributed by atoms with Gasteiger partial charge in [-0.25, -0.2) is 0 Å². The molecule has 0 saturated heterocycles. The zero-order valence-corrected chi connectivity index (χ0v) is 27.8. The lowest BCUT2D eigenvalue weighted by atomic mass is 10.0. The first kappa shape index (κ1) is 40.1. The van der Waals surface area contributed by atoms with Gasteiger partial charge in [0.1, 0.15) is 35.7 Å². The summed E-state index contributed by atoms with van der Waals surface area (Å²) >= 11 is 0. The summed E-state index contributed by atoms with van der Waals surface area (Å²) in [5.74, 6) is -3.80. The number of nitrogens with two attached hydrogens (primary N) is 5. The van der Waals surface area contributed by atoms with E-state index in [2.05, 4.69) is 31.3 Å². The second kappa shape index (κ2) is 20.3. The van der Waals surface area contributed by atoms with E-state index in [1.54, 1.807) is 24.3 Å². The first-order valence-electron chi connectivity index (χ1n) is 15.8. The summed E-state index contributed by atoms with van der Waals surface area (Å²) in [5.41, 5.74) is 28.1. The molecule has 0 unspecified atom stereocenters. The average Bonchev–Trinajstić information content (AvgIpc) is 3.04. The van der Waals surface area contributed by atoms with E-state index in [0.29, 0.717) is 24.0 Å². The SMILES string of the molecule is CC(=O)N[C@@H](CCCN=C(N)N)C(=O)N[C@@H](Cc1ccc(O)cc1)C(=O)N[C@@H](Cc1ccc(O)cc1)C(=O)N[C@@H](CCCN=C(N)N)C(N)=O. The van der Waals surface area contributed by atoms with E-state index in [9.17, 15) is 34.2 Å². The van der Waals surface area contributed by atoms with Gasteiger partial charge in [0.15, 0.2) is 11.9 Å². The van der Waals surface area contributed by atoms with Crippen molar-refractivity contribution in [2.45, 2.75) is 69.6 Å². The predicted octanol–water partition coefficient (Wildman–Crippen LogP) is -2.57. The van der Waals surface area contributed by atoms with Gasteiger partial charge in [-0.2, -0.15) is 0 Å². The zero-order chi connectivity index (χ0) is 37.2. The molecule has 5 amide bonds. The second-order valence-corrected chi connectivity index (χ2v) is 11.5. The van der Waals surface area contributed by atoms with Crippen molar-refractivity contribution < 1.29 is 34.2 Å². The third kappa shape index (κ3) is 15.2. The molecule has 50 heavy (non-hydrogen) atoms. The zero-order valence-electron chi connectivity index (χ0n) is 27.8. The van der Waals surface area contributed by atoms with Gasteiger partial charge in [0, 0.05) is 32.9 Å². The number of hydrogen-bond donors (Lipinski definition) is 11. The number of aromatic hydroxyl groups is 2. The number of phenols is 2. The Morgan fingerprint density at radius 3 is 1.30 bits per heavy atom. The van der Waals surface area contributed by atoms with Crippen LogP contribution < -0.4 is 49.9 Å². The highest BCUT2D eigenvalue weighted by atomic mass is 16.3. The largest absolute Gasteiger partial charge is 0.508 e. The first-order chi connectivity index (χ1) is 23.6. The van der Waals surface area contributed by atoms with Gasteiger partial charge < -0.3 is 60.1 Å². The molecule has 0 fully saturated rings. The number of amides is 5. The summed E-state index contributed by atoms with van der Waals surface area (Å²) in [7, 11) is 0. The third-order valence-electron chi connectivity index (χ3n) is 7.26. The van der Waals surface area contributed by atoms with E-state index in [-0.39, 0.29) is 62.2 Å². The van der Waals surface area contributed by atoms with E-state index in [1.807, 2.05) is 0 Å². The molecule has 272 valence electrons. The van der Waals surface area contributed by atoms with E-state index in [1.165, 1.54) is 31.2 Å². The Balaban J connectivity index is 2.38. The van der Waals surface area contributed by atoms with Crippen molar-refractivity contribution in [2.24, 2.45) is 38.7 Å². The number of primary amides is 1. The van der Waals surface area contributed by atoms with Crippen LogP contribution in [0.3, 0.4) is 0 Å². The topological polar surface area (TPSA) is 329 Å². The molecular formula is C32H47N11O7. The number of nitrogens with one attached hydrogen (secondary N) is 4. The van der Waals surface area contributed by atoms with Crippen molar-refractivity contribution in [2.75, 3.05) is 13.1 Å². The Hall–Kier alpha value is -6.07. The van der Waals surface area contributed by atoms with Crippen LogP contribution in [0.15, 0.2) is 58.5 Å². The number of carbonyl (C=O) groups is 5. The van der Waals surface area contributed by atoms with Gasteiger partial charge in [-0.15, -0.1) is 0 Å². The summed E-state index contributed by atoms with van der Waals surface area (Å²) in [6.07, 6.45) is 0.734.